The number of hydrogen-bond acceptors (Lipinski definition) is 3. The summed E-state index contributed by atoms with van der Waals surface area (Å²) >= 11 is 0. The molecular weight excluding hydrogens is 228 g/mol. The Hall–Kier alpha value is -1.12. The van der Waals surface area contributed by atoms with Crippen LogP contribution in [0.5, 0.6) is 0 Å². The summed E-state index contributed by atoms with van der Waals surface area (Å²) in [5.74, 6) is 0.987. The van der Waals surface area contributed by atoms with E-state index in [2.05, 4.69) is 19.9 Å². The van der Waals surface area contributed by atoms with E-state index in [-0.39, 0.29) is 35.1 Å². The van der Waals surface area contributed by atoms with Gasteiger partial charge in [-0.25, -0.2) is 0 Å². The Morgan fingerprint density at radius 2 is 2.06 bits per heavy atom. The fourth-order valence-corrected chi connectivity index (χ4v) is 4.19. The molecule has 2 fully saturated rings. The van der Waals surface area contributed by atoms with E-state index in [4.69, 9.17) is 4.74 Å². The number of carbonyl (C=O) groups is 2. The molecule has 0 aromatic heterocycles. The van der Waals surface area contributed by atoms with Crippen LogP contribution >= 0.6 is 0 Å². The average molecular weight is 248 g/mol. The number of esters is 1. The van der Waals surface area contributed by atoms with Crippen LogP contribution in [0.15, 0.2) is 12.2 Å². The predicted molar refractivity (Wildman–Crippen MR) is 66.7 cm³/mol. The van der Waals surface area contributed by atoms with Crippen LogP contribution in [0.25, 0.3) is 0 Å². The molecule has 3 heteroatoms. The van der Waals surface area contributed by atoms with Gasteiger partial charge in [-0.2, -0.15) is 0 Å². The molecule has 18 heavy (non-hydrogen) atoms. The molecule has 3 aliphatic rings. The summed E-state index contributed by atoms with van der Waals surface area (Å²) in [4.78, 5) is 23.9. The molecule has 3 rings (SSSR count). The second kappa shape index (κ2) is 3.69. The smallest absolute Gasteiger partial charge is 0.309 e. The maximum atomic E-state index is 12.2. The standard InChI is InChI=1S/C15H20O3/c1-8-6-12-10(9(2)14(17)18-12)7-15(3)11(8)4-5-13(15)16/h4-5,8-12H,6-7H2,1-3H3. The first kappa shape index (κ1) is 11.9. The quantitative estimate of drug-likeness (QED) is 0.618. The van der Waals surface area contributed by atoms with Gasteiger partial charge in [0.15, 0.2) is 5.78 Å². The number of carbonyl (C=O) groups excluding carboxylic acids is 2. The Kier molecular flexibility index (Phi) is 2.45. The van der Waals surface area contributed by atoms with Crippen molar-refractivity contribution in [1.82, 2.24) is 0 Å². The van der Waals surface area contributed by atoms with Gasteiger partial charge in [0.2, 0.25) is 0 Å². The normalized spacial score (nSPS) is 50.7. The van der Waals surface area contributed by atoms with Crippen LogP contribution in [0, 0.1) is 29.1 Å². The van der Waals surface area contributed by atoms with Crippen molar-refractivity contribution in [3.05, 3.63) is 12.2 Å². The minimum Gasteiger partial charge on any atom is -0.462 e. The predicted octanol–water partition coefficient (Wildman–Crippen LogP) is 2.36. The number of allylic oxidation sites excluding steroid dienone is 2. The Balaban J connectivity index is 1.97. The molecule has 1 aliphatic heterocycles. The van der Waals surface area contributed by atoms with Crippen LogP contribution in [0.2, 0.25) is 0 Å². The molecule has 0 bridgehead atoms. The lowest BCUT2D eigenvalue weighted by molar-refractivity contribution is -0.144. The van der Waals surface area contributed by atoms with Gasteiger partial charge in [-0.1, -0.05) is 26.8 Å². The van der Waals surface area contributed by atoms with Crippen molar-refractivity contribution >= 4 is 11.8 Å². The summed E-state index contributed by atoms with van der Waals surface area (Å²) in [6, 6.07) is 0. The monoisotopic (exact) mass is 248 g/mol. The van der Waals surface area contributed by atoms with Crippen LogP contribution in [0.1, 0.15) is 33.6 Å². The highest BCUT2D eigenvalue weighted by Gasteiger charge is 2.54. The lowest BCUT2D eigenvalue weighted by atomic mass is 9.69. The minimum absolute atomic E-state index is 0.0196. The van der Waals surface area contributed by atoms with Crippen molar-refractivity contribution in [2.24, 2.45) is 29.1 Å². The zero-order valence-electron chi connectivity index (χ0n) is 11.2. The number of ketones is 1. The molecule has 6 atom stereocenters. The van der Waals surface area contributed by atoms with Crippen molar-refractivity contribution in [2.45, 2.75) is 39.7 Å². The van der Waals surface area contributed by atoms with Crippen LogP contribution in [-0.2, 0) is 14.3 Å². The summed E-state index contributed by atoms with van der Waals surface area (Å²) in [5.41, 5.74) is -0.318. The van der Waals surface area contributed by atoms with Crippen LogP contribution < -0.4 is 0 Å². The van der Waals surface area contributed by atoms with Crippen molar-refractivity contribution in [2.75, 3.05) is 0 Å². The van der Waals surface area contributed by atoms with Gasteiger partial charge in [0.1, 0.15) is 6.10 Å². The molecule has 0 aromatic rings. The molecule has 0 radical (unpaired) electrons. The van der Waals surface area contributed by atoms with Gasteiger partial charge in [0.05, 0.1) is 5.92 Å². The molecule has 1 heterocycles. The molecule has 0 aromatic carbocycles. The number of fused-ring (bicyclic) bond motifs is 2. The van der Waals surface area contributed by atoms with E-state index in [1.54, 1.807) is 6.08 Å². The van der Waals surface area contributed by atoms with Crippen molar-refractivity contribution < 1.29 is 14.3 Å². The highest BCUT2D eigenvalue weighted by Crippen LogP contribution is 2.53. The van der Waals surface area contributed by atoms with Gasteiger partial charge >= 0.3 is 5.97 Å². The second-order valence-corrected chi connectivity index (χ2v) is 6.51. The van der Waals surface area contributed by atoms with Gasteiger partial charge in [-0.05, 0) is 30.8 Å². The Morgan fingerprint density at radius 3 is 2.78 bits per heavy atom. The van der Waals surface area contributed by atoms with Gasteiger partial charge < -0.3 is 4.74 Å². The molecular formula is C15H20O3. The van der Waals surface area contributed by atoms with Crippen LogP contribution in [-0.4, -0.2) is 17.9 Å². The molecule has 0 amide bonds. The molecule has 0 N–H and O–H groups in total. The summed E-state index contributed by atoms with van der Waals surface area (Å²) in [7, 11) is 0. The van der Waals surface area contributed by atoms with E-state index in [9.17, 15) is 9.59 Å². The number of hydrogen-bond donors (Lipinski definition) is 0. The van der Waals surface area contributed by atoms with Gasteiger partial charge in [-0.15, -0.1) is 0 Å². The second-order valence-electron chi connectivity index (χ2n) is 6.51. The first-order chi connectivity index (χ1) is 8.43. The molecule has 98 valence electrons. The van der Waals surface area contributed by atoms with Crippen LogP contribution in [0.3, 0.4) is 0 Å². The fourth-order valence-electron chi connectivity index (χ4n) is 4.19. The number of rotatable bonds is 0. The zero-order chi connectivity index (χ0) is 13.1. The van der Waals surface area contributed by atoms with Crippen molar-refractivity contribution in [3.63, 3.8) is 0 Å². The average Bonchev–Trinajstić information content (AvgIpc) is 2.69. The molecule has 1 saturated heterocycles. The van der Waals surface area contributed by atoms with Gasteiger partial charge in [-0.3, -0.25) is 9.59 Å². The van der Waals surface area contributed by atoms with Crippen molar-refractivity contribution in [1.29, 1.82) is 0 Å². The highest BCUT2D eigenvalue weighted by atomic mass is 16.6. The van der Waals surface area contributed by atoms with Gasteiger partial charge in [0, 0.05) is 11.3 Å². The van der Waals surface area contributed by atoms with E-state index in [0.717, 1.165) is 12.8 Å². The highest BCUT2D eigenvalue weighted by molar-refractivity contribution is 5.97. The summed E-state index contributed by atoms with van der Waals surface area (Å²) in [6.07, 6.45) is 5.50. The third-order valence-electron chi connectivity index (χ3n) is 5.39. The molecule has 6 unspecified atom stereocenters. The largest absolute Gasteiger partial charge is 0.462 e. The molecule has 2 aliphatic carbocycles. The summed E-state index contributed by atoms with van der Waals surface area (Å²) in [5, 5.41) is 0. The maximum absolute atomic E-state index is 12.2. The first-order valence-electron chi connectivity index (χ1n) is 6.86. The molecule has 0 spiro atoms. The third-order valence-corrected chi connectivity index (χ3v) is 5.39. The molecule has 3 nitrogen and oxygen atoms in total. The lowest BCUT2D eigenvalue weighted by Crippen LogP contribution is -2.34. The maximum Gasteiger partial charge on any atom is 0.309 e. The first-order valence-corrected chi connectivity index (χ1v) is 6.86. The lowest BCUT2D eigenvalue weighted by Gasteiger charge is -2.32. The van der Waals surface area contributed by atoms with E-state index in [1.807, 2.05) is 6.92 Å². The number of ether oxygens (including phenoxy) is 1. The Labute approximate surface area is 108 Å². The van der Waals surface area contributed by atoms with E-state index in [0.29, 0.717) is 11.8 Å². The van der Waals surface area contributed by atoms with Crippen molar-refractivity contribution in [3.8, 4) is 0 Å². The van der Waals surface area contributed by atoms with E-state index >= 15 is 0 Å². The van der Waals surface area contributed by atoms with E-state index in [1.165, 1.54) is 0 Å². The topological polar surface area (TPSA) is 43.4 Å². The summed E-state index contributed by atoms with van der Waals surface area (Å²) < 4.78 is 5.50. The zero-order valence-corrected chi connectivity index (χ0v) is 11.2. The Bertz CT molecular complexity index is 439. The van der Waals surface area contributed by atoms with Crippen LogP contribution in [0.4, 0.5) is 0 Å². The van der Waals surface area contributed by atoms with Gasteiger partial charge in [0.25, 0.3) is 0 Å². The fraction of sp³-hybridized carbons (Fsp3) is 0.733. The molecule has 1 saturated carbocycles. The minimum atomic E-state index is -0.318. The SMILES string of the molecule is CC1CC2OC(=O)C(C)C2CC2(C)C(=O)C=CC12. The third kappa shape index (κ3) is 1.42. The van der Waals surface area contributed by atoms with E-state index < -0.39 is 0 Å². The Morgan fingerprint density at radius 1 is 1.33 bits per heavy atom. The summed E-state index contributed by atoms with van der Waals surface area (Å²) in [6.45, 7) is 6.17.